The maximum Gasteiger partial charge on any atom is 0.407 e. The summed E-state index contributed by atoms with van der Waals surface area (Å²) in [5.41, 5.74) is 9.26. The number of fused-ring (bicyclic) bond motifs is 1. The average molecular weight is 722 g/mol. The highest BCUT2D eigenvalue weighted by atomic mass is 16.6. The number of nitrogens with two attached hydrogens (primary N) is 1. The Balaban J connectivity index is 1.11. The van der Waals surface area contributed by atoms with Gasteiger partial charge in [-0.15, -0.1) is 0 Å². The van der Waals surface area contributed by atoms with E-state index in [1.54, 1.807) is 32.4 Å². The highest BCUT2D eigenvalue weighted by Crippen LogP contribution is 2.24. The number of hydrogen-bond donors (Lipinski definition) is 3. The van der Waals surface area contributed by atoms with E-state index >= 15 is 0 Å². The van der Waals surface area contributed by atoms with E-state index in [0.29, 0.717) is 38.2 Å². The maximum absolute atomic E-state index is 13.0. The summed E-state index contributed by atoms with van der Waals surface area (Å²) in [5.74, 6) is -1.18. The van der Waals surface area contributed by atoms with Crippen molar-refractivity contribution in [3.63, 3.8) is 0 Å². The largest absolute Gasteiger partial charge is 0.444 e. The molecular weight excluding hydrogens is 666 g/mol. The molecule has 0 saturated carbocycles. The highest BCUT2D eigenvalue weighted by Gasteiger charge is 2.31. The Morgan fingerprint density at radius 2 is 1.62 bits per heavy atom. The third kappa shape index (κ3) is 12.0. The average Bonchev–Trinajstić information content (AvgIpc) is 3.32. The summed E-state index contributed by atoms with van der Waals surface area (Å²) in [5, 5.41) is 5.16. The predicted octanol–water partition coefficient (Wildman–Crippen LogP) is 4.74. The van der Waals surface area contributed by atoms with Crippen LogP contribution in [0.15, 0.2) is 47.3 Å². The van der Waals surface area contributed by atoms with Gasteiger partial charge in [0.25, 0.3) is 0 Å². The van der Waals surface area contributed by atoms with Crippen molar-refractivity contribution in [2.75, 3.05) is 13.2 Å². The van der Waals surface area contributed by atoms with Crippen LogP contribution >= 0.6 is 0 Å². The maximum atomic E-state index is 13.0. The number of aryl methyl sites for hydroxylation is 3. The molecule has 3 aromatic rings. The molecule has 1 unspecified atom stereocenters. The van der Waals surface area contributed by atoms with Gasteiger partial charge in [-0.2, -0.15) is 0 Å². The number of unbranched alkanes of at least 4 members (excludes halogenated alkanes) is 2. The molecule has 284 valence electrons. The quantitative estimate of drug-likeness (QED) is 0.118. The van der Waals surface area contributed by atoms with Crippen LogP contribution in [0.3, 0.4) is 0 Å². The van der Waals surface area contributed by atoms with Crippen LogP contribution in [0.2, 0.25) is 0 Å². The Hall–Kier alpha value is -4.49. The first-order valence-corrected chi connectivity index (χ1v) is 18.3. The number of nitrogens with zero attached hydrogens (tertiary/aromatic N) is 2. The van der Waals surface area contributed by atoms with Gasteiger partial charge in [-0.25, -0.2) is 9.59 Å². The molecule has 1 saturated heterocycles. The standard InChI is InChI=1S/C39H55N5O8/c1-26(30(17-20-34(40)45)41-37(48)52-39(2,3)4)51-25-29-14-12-27(13-15-29)10-7-6-8-22-50-23-9-11-28-16-18-31-33(24-28)43(5)38(49)44(31)32-19-21-35(46)42-36(32)47/h12-16,18,24,26,30,32H,6-11,17,19-23,25H2,1-5H3,(H2,40,45)(H,41,48)(H,42,46,47)/t26-,30+,32?/m1/s1. The number of carbonyl (C=O) groups is 4. The molecule has 0 spiro atoms. The summed E-state index contributed by atoms with van der Waals surface area (Å²) < 4.78 is 20.4. The van der Waals surface area contributed by atoms with E-state index in [2.05, 4.69) is 34.9 Å². The Bertz CT molecular complexity index is 1740. The molecule has 2 aromatic carbocycles. The zero-order chi connectivity index (χ0) is 37.8. The number of benzene rings is 2. The summed E-state index contributed by atoms with van der Waals surface area (Å²) in [7, 11) is 1.70. The minimum atomic E-state index is -0.687. The predicted molar refractivity (Wildman–Crippen MR) is 198 cm³/mol. The lowest BCUT2D eigenvalue weighted by atomic mass is 10.0. The summed E-state index contributed by atoms with van der Waals surface area (Å²) in [6.07, 6.45) is 5.85. The van der Waals surface area contributed by atoms with Crippen LogP contribution in [-0.2, 0) is 55.1 Å². The van der Waals surface area contributed by atoms with Crippen LogP contribution in [0.25, 0.3) is 11.0 Å². The molecule has 1 aromatic heterocycles. The number of hydrogen-bond acceptors (Lipinski definition) is 8. The molecule has 0 radical (unpaired) electrons. The summed E-state index contributed by atoms with van der Waals surface area (Å²) >= 11 is 0. The van der Waals surface area contributed by atoms with Crippen molar-refractivity contribution >= 4 is 34.8 Å². The number of carbonyl (C=O) groups excluding carboxylic acids is 4. The first-order valence-electron chi connectivity index (χ1n) is 18.3. The number of ether oxygens (including phenoxy) is 3. The molecule has 0 aliphatic carbocycles. The number of piperidine rings is 1. The minimum absolute atomic E-state index is 0.130. The number of aromatic nitrogens is 2. The van der Waals surface area contributed by atoms with E-state index in [0.717, 1.165) is 55.2 Å². The molecule has 52 heavy (non-hydrogen) atoms. The van der Waals surface area contributed by atoms with Crippen LogP contribution in [0, 0.1) is 0 Å². The lowest BCUT2D eigenvalue weighted by Crippen LogP contribution is -2.45. The van der Waals surface area contributed by atoms with Crippen molar-refractivity contribution in [1.82, 2.24) is 19.8 Å². The van der Waals surface area contributed by atoms with Crippen molar-refractivity contribution in [2.45, 2.75) is 122 Å². The molecule has 4 N–H and O–H groups in total. The van der Waals surface area contributed by atoms with Crippen molar-refractivity contribution in [3.05, 3.63) is 69.6 Å². The summed E-state index contributed by atoms with van der Waals surface area (Å²) in [4.78, 5) is 60.7. The second-order valence-corrected chi connectivity index (χ2v) is 14.6. The third-order valence-electron chi connectivity index (χ3n) is 9.19. The molecule has 2 heterocycles. The van der Waals surface area contributed by atoms with Gasteiger partial charge in [-0.05, 0) is 101 Å². The van der Waals surface area contributed by atoms with E-state index < -0.39 is 35.6 Å². The number of amides is 4. The van der Waals surface area contributed by atoms with Crippen molar-refractivity contribution in [3.8, 4) is 0 Å². The van der Waals surface area contributed by atoms with Crippen LogP contribution in [-0.4, -0.2) is 63.9 Å². The minimum Gasteiger partial charge on any atom is -0.444 e. The Kier molecular flexibility index (Phi) is 14.6. The monoisotopic (exact) mass is 721 g/mol. The Labute approximate surface area is 305 Å². The van der Waals surface area contributed by atoms with Gasteiger partial charge in [0, 0.05) is 33.1 Å². The van der Waals surface area contributed by atoms with Crippen LogP contribution in [0.5, 0.6) is 0 Å². The topological polar surface area (TPSA) is 173 Å². The molecule has 4 rings (SSSR count). The lowest BCUT2D eigenvalue weighted by molar-refractivity contribution is -0.135. The van der Waals surface area contributed by atoms with Crippen LogP contribution in [0.4, 0.5) is 4.79 Å². The summed E-state index contributed by atoms with van der Waals surface area (Å²) in [6.45, 7) is 8.96. The molecule has 4 amide bonds. The van der Waals surface area contributed by atoms with Gasteiger partial charge in [0.15, 0.2) is 0 Å². The fourth-order valence-corrected chi connectivity index (χ4v) is 6.31. The van der Waals surface area contributed by atoms with E-state index in [1.807, 2.05) is 25.1 Å². The Morgan fingerprint density at radius 3 is 2.31 bits per heavy atom. The number of imidazole rings is 1. The molecular formula is C39H55N5O8. The van der Waals surface area contributed by atoms with Gasteiger partial charge in [-0.3, -0.25) is 28.8 Å². The molecule has 1 aliphatic heterocycles. The summed E-state index contributed by atoms with van der Waals surface area (Å²) in [6, 6.07) is 13.1. The molecule has 13 nitrogen and oxygen atoms in total. The van der Waals surface area contributed by atoms with Gasteiger partial charge >= 0.3 is 11.8 Å². The van der Waals surface area contributed by atoms with E-state index in [9.17, 15) is 24.0 Å². The lowest BCUT2D eigenvalue weighted by Gasteiger charge is -2.27. The Morgan fingerprint density at radius 1 is 0.942 bits per heavy atom. The van der Waals surface area contributed by atoms with Gasteiger partial charge in [0.2, 0.25) is 17.7 Å². The van der Waals surface area contributed by atoms with Gasteiger partial charge in [0.05, 0.1) is 29.8 Å². The second-order valence-electron chi connectivity index (χ2n) is 14.6. The van der Waals surface area contributed by atoms with E-state index in [1.165, 1.54) is 10.1 Å². The van der Waals surface area contributed by atoms with Gasteiger partial charge in [-0.1, -0.05) is 36.8 Å². The number of rotatable bonds is 19. The van der Waals surface area contributed by atoms with Crippen molar-refractivity contribution < 1.29 is 33.4 Å². The SMILES string of the molecule is C[C@@H](OCc1ccc(CCCCCOCCCc2ccc3c(c2)n(C)c(=O)n3C2CCC(=O)NC2=O)cc1)[C@H](CCC(N)=O)NC(=O)OC(C)(C)C. The zero-order valence-corrected chi connectivity index (χ0v) is 31.2. The zero-order valence-electron chi connectivity index (χ0n) is 31.2. The molecule has 0 bridgehead atoms. The number of primary amides is 1. The fourth-order valence-electron chi connectivity index (χ4n) is 6.31. The smallest absolute Gasteiger partial charge is 0.407 e. The van der Waals surface area contributed by atoms with Crippen LogP contribution < -0.4 is 22.1 Å². The molecule has 13 heteroatoms. The molecule has 1 aliphatic rings. The normalized spacial score (nSPS) is 16.1. The van der Waals surface area contributed by atoms with E-state index in [4.69, 9.17) is 19.9 Å². The molecule has 1 fully saturated rings. The van der Waals surface area contributed by atoms with Crippen LogP contribution in [0.1, 0.15) is 102 Å². The highest BCUT2D eigenvalue weighted by molar-refractivity contribution is 6.00. The van der Waals surface area contributed by atoms with Gasteiger partial charge < -0.3 is 25.3 Å². The number of imide groups is 1. The van der Waals surface area contributed by atoms with E-state index in [-0.39, 0.29) is 30.5 Å². The fraction of sp³-hybridized carbons (Fsp3) is 0.564. The first kappa shape index (κ1) is 40.3. The number of nitrogens with one attached hydrogen (secondary N) is 2. The van der Waals surface area contributed by atoms with Gasteiger partial charge in [0.1, 0.15) is 11.6 Å². The second kappa shape index (κ2) is 18.8. The molecule has 3 atom stereocenters. The number of alkyl carbamates (subject to hydrolysis) is 1. The van der Waals surface area contributed by atoms with Crippen molar-refractivity contribution in [1.29, 1.82) is 0 Å². The first-order chi connectivity index (χ1) is 24.7. The van der Waals surface area contributed by atoms with Crippen molar-refractivity contribution in [2.24, 2.45) is 12.8 Å². The third-order valence-corrected chi connectivity index (χ3v) is 9.19.